The smallest absolute Gasteiger partial charge is 0.243 e. The zero-order chi connectivity index (χ0) is 14.8. The third kappa shape index (κ3) is 3.31. The molecule has 3 N–H and O–H groups in total. The average Bonchev–Trinajstić information content (AvgIpc) is 2.93. The fraction of sp³-hybridized carbons (Fsp3) is 0.571. The molecule has 0 bridgehead atoms. The van der Waals surface area contributed by atoms with E-state index in [0.29, 0.717) is 23.9 Å². The van der Waals surface area contributed by atoms with E-state index < -0.39 is 10.0 Å². The summed E-state index contributed by atoms with van der Waals surface area (Å²) in [6.07, 6.45) is 1.75. The van der Waals surface area contributed by atoms with Crippen molar-refractivity contribution >= 4 is 15.7 Å². The van der Waals surface area contributed by atoms with Crippen LogP contribution in [0, 0.1) is 5.92 Å². The van der Waals surface area contributed by atoms with Crippen LogP contribution in [-0.4, -0.2) is 32.0 Å². The summed E-state index contributed by atoms with van der Waals surface area (Å²) in [5.41, 5.74) is 6.77. The summed E-state index contributed by atoms with van der Waals surface area (Å²) in [4.78, 5) is 0.350. The lowest BCUT2D eigenvalue weighted by Gasteiger charge is -2.19. The summed E-state index contributed by atoms with van der Waals surface area (Å²) >= 11 is 0. The van der Waals surface area contributed by atoms with Crippen molar-refractivity contribution in [2.45, 2.75) is 37.8 Å². The van der Waals surface area contributed by atoms with Crippen LogP contribution in [0.15, 0.2) is 29.2 Å². The second kappa shape index (κ2) is 6.11. The van der Waals surface area contributed by atoms with E-state index in [1.807, 2.05) is 13.8 Å². The minimum atomic E-state index is -3.33. The summed E-state index contributed by atoms with van der Waals surface area (Å²) in [6.45, 7) is 5.31. The van der Waals surface area contributed by atoms with Gasteiger partial charge in [0.25, 0.3) is 0 Å². The van der Waals surface area contributed by atoms with Gasteiger partial charge in [0.15, 0.2) is 0 Å². The van der Waals surface area contributed by atoms with Crippen molar-refractivity contribution in [2.75, 3.05) is 18.4 Å². The predicted molar refractivity (Wildman–Crippen MR) is 80.9 cm³/mol. The van der Waals surface area contributed by atoms with Crippen LogP contribution in [0.4, 0.5) is 5.69 Å². The fourth-order valence-corrected chi connectivity index (χ4v) is 3.68. The molecule has 5 nitrogen and oxygen atoms in total. The topological polar surface area (TPSA) is 75.4 Å². The van der Waals surface area contributed by atoms with E-state index >= 15 is 0 Å². The highest BCUT2D eigenvalue weighted by Gasteiger charge is 2.26. The van der Waals surface area contributed by atoms with Gasteiger partial charge >= 0.3 is 0 Å². The maximum atomic E-state index is 12.4. The molecular weight excluding hydrogens is 274 g/mol. The molecule has 1 unspecified atom stereocenters. The molecule has 20 heavy (non-hydrogen) atoms. The van der Waals surface area contributed by atoms with Crippen molar-refractivity contribution in [1.29, 1.82) is 0 Å². The second-order valence-corrected chi connectivity index (χ2v) is 7.49. The first-order chi connectivity index (χ1) is 9.41. The monoisotopic (exact) mass is 297 g/mol. The van der Waals surface area contributed by atoms with Gasteiger partial charge in [-0.3, -0.25) is 0 Å². The van der Waals surface area contributed by atoms with Gasteiger partial charge in [0, 0.05) is 18.8 Å². The van der Waals surface area contributed by atoms with Crippen LogP contribution in [-0.2, 0) is 10.0 Å². The number of nitrogens with one attached hydrogen (secondary N) is 1. The minimum absolute atomic E-state index is 0.143. The van der Waals surface area contributed by atoms with Crippen molar-refractivity contribution in [3.8, 4) is 0 Å². The third-order valence-corrected chi connectivity index (χ3v) is 5.52. The highest BCUT2D eigenvalue weighted by Crippen LogP contribution is 2.22. The normalized spacial score (nSPS) is 18.4. The molecule has 1 aromatic rings. The third-order valence-electron chi connectivity index (χ3n) is 3.61. The molecule has 0 aliphatic carbocycles. The fourth-order valence-electron chi connectivity index (χ4n) is 2.16. The van der Waals surface area contributed by atoms with Crippen molar-refractivity contribution in [3.05, 3.63) is 24.3 Å². The van der Waals surface area contributed by atoms with E-state index in [4.69, 9.17) is 5.73 Å². The summed E-state index contributed by atoms with van der Waals surface area (Å²) < 4.78 is 26.3. The number of benzene rings is 1. The molecule has 0 spiro atoms. The molecule has 2 rings (SSSR count). The van der Waals surface area contributed by atoms with Gasteiger partial charge in [-0.25, -0.2) is 8.42 Å². The van der Waals surface area contributed by atoms with Crippen LogP contribution >= 0.6 is 0 Å². The number of anilines is 1. The first-order valence-electron chi connectivity index (χ1n) is 7.03. The highest BCUT2D eigenvalue weighted by atomic mass is 32.2. The van der Waals surface area contributed by atoms with Gasteiger partial charge in [0.2, 0.25) is 10.0 Å². The molecule has 1 aromatic carbocycles. The van der Waals surface area contributed by atoms with E-state index in [1.54, 1.807) is 28.6 Å². The van der Waals surface area contributed by atoms with Gasteiger partial charge < -0.3 is 11.1 Å². The van der Waals surface area contributed by atoms with Gasteiger partial charge in [0.1, 0.15) is 0 Å². The van der Waals surface area contributed by atoms with Crippen LogP contribution in [0.1, 0.15) is 26.7 Å². The lowest BCUT2D eigenvalue weighted by atomic mass is 10.1. The number of rotatable bonds is 5. The van der Waals surface area contributed by atoms with Crippen LogP contribution in [0.25, 0.3) is 0 Å². The Kier molecular flexibility index (Phi) is 4.67. The molecule has 0 saturated carbocycles. The SMILES string of the molecule is CC(C)C(N)Nc1ccc(S(=O)(=O)N2CCCC2)cc1. The van der Waals surface area contributed by atoms with E-state index in [0.717, 1.165) is 18.5 Å². The Labute approximate surface area is 121 Å². The maximum absolute atomic E-state index is 12.4. The average molecular weight is 297 g/mol. The summed E-state index contributed by atoms with van der Waals surface area (Å²) in [7, 11) is -3.33. The molecular formula is C14H23N3O2S. The summed E-state index contributed by atoms with van der Waals surface area (Å²) in [5.74, 6) is 0.308. The molecule has 112 valence electrons. The van der Waals surface area contributed by atoms with E-state index in [9.17, 15) is 8.42 Å². The zero-order valence-corrected chi connectivity index (χ0v) is 12.9. The van der Waals surface area contributed by atoms with Gasteiger partial charge in [-0.2, -0.15) is 4.31 Å². The molecule has 1 saturated heterocycles. The zero-order valence-electron chi connectivity index (χ0n) is 12.0. The van der Waals surface area contributed by atoms with Gasteiger partial charge in [-0.05, 0) is 43.0 Å². The summed E-state index contributed by atoms with van der Waals surface area (Å²) in [5, 5.41) is 3.16. The first kappa shape index (κ1) is 15.3. The van der Waals surface area contributed by atoms with E-state index in [2.05, 4.69) is 5.32 Å². The van der Waals surface area contributed by atoms with Crippen LogP contribution < -0.4 is 11.1 Å². The lowest BCUT2D eigenvalue weighted by molar-refractivity contribution is 0.477. The molecule has 0 radical (unpaired) electrons. The highest BCUT2D eigenvalue weighted by molar-refractivity contribution is 7.89. The Bertz CT molecular complexity index is 534. The molecule has 1 aliphatic heterocycles. The van der Waals surface area contributed by atoms with Crippen molar-refractivity contribution in [2.24, 2.45) is 11.7 Å². The summed E-state index contributed by atoms with van der Waals surface area (Å²) in [6, 6.07) is 6.82. The predicted octanol–water partition coefficient (Wildman–Crippen LogP) is 1.82. The van der Waals surface area contributed by atoms with Gasteiger partial charge in [-0.15, -0.1) is 0 Å². The molecule has 1 fully saturated rings. The van der Waals surface area contributed by atoms with Crippen molar-refractivity contribution < 1.29 is 8.42 Å². The number of nitrogens with two attached hydrogens (primary N) is 1. The number of hydrogen-bond donors (Lipinski definition) is 2. The molecule has 0 amide bonds. The Hall–Kier alpha value is -1.11. The van der Waals surface area contributed by atoms with E-state index in [-0.39, 0.29) is 6.17 Å². The number of hydrogen-bond acceptors (Lipinski definition) is 4. The number of nitrogens with zero attached hydrogens (tertiary/aromatic N) is 1. The Morgan fingerprint density at radius 3 is 2.20 bits per heavy atom. The Balaban J connectivity index is 2.11. The first-order valence-corrected chi connectivity index (χ1v) is 8.47. The molecule has 1 heterocycles. The van der Waals surface area contributed by atoms with Crippen LogP contribution in [0.2, 0.25) is 0 Å². The number of sulfonamides is 1. The maximum Gasteiger partial charge on any atom is 0.243 e. The standard InChI is InChI=1S/C14H23N3O2S/c1-11(2)14(15)16-12-5-7-13(8-6-12)20(18,19)17-9-3-4-10-17/h5-8,11,14,16H,3-4,9-10,15H2,1-2H3. The second-order valence-electron chi connectivity index (χ2n) is 5.55. The van der Waals surface area contributed by atoms with Gasteiger partial charge in [0.05, 0.1) is 11.1 Å². The Morgan fingerprint density at radius 1 is 1.15 bits per heavy atom. The Morgan fingerprint density at radius 2 is 1.70 bits per heavy atom. The van der Waals surface area contributed by atoms with Crippen LogP contribution in [0.5, 0.6) is 0 Å². The molecule has 6 heteroatoms. The quantitative estimate of drug-likeness (QED) is 0.813. The minimum Gasteiger partial charge on any atom is -0.370 e. The largest absolute Gasteiger partial charge is 0.370 e. The lowest BCUT2D eigenvalue weighted by Crippen LogP contribution is -2.34. The van der Waals surface area contributed by atoms with Crippen LogP contribution in [0.3, 0.4) is 0 Å². The molecule has 0 aromatic heterocycles. The van der Waals surface area contributed by atoms with Gasteiger partial charge in [-0.1, -0.05) is 13.8 Å². The van der Waals surface area contributed by atoms with Crippen molar-refractivity contribution in [3.63, 3.8) is 0 Å². The molecule has 1 atom stereocenters. The van der Waals surface area contributed by atoms with Crippen molar-refractivity contribution in [1.82, 2.24) is 4.31 Å². The van der Waals surface area contributed by atoms with E-state index in [1.165, 1.54) is 0 Å². The molecule has 1 aliphatic rings.